The van der Waals surface area contributed by atoms with Crippen LogP contribution in [0.15, 0.2) is 24.4 Å². The van der Waals surface area contributed by atoms with Crippen molar-refractivity contribution in [2.45, 2.75) is 12.8 Å². The largest absolute Gasteiger partial charge is 0.496 e. The van der Waals surface area contributed by atoms with E-state index in [4.69, 9.17) is 21.3 Å². The molecule has 4 rings (SSSR count). The molecule has 1 aliphatic heterocycles. The second-order valence-corrected chi connectivity index (χ2v) is 7.84. The van der Waals surface area contributed by atoms with Gasteiger partial charge in [0.2, 0.25) is 16.0 Å². The number of hydrogen-bond acceptors (Lipinski definition) is 7. The van der Waals surface area contributed by atoms with E-state index in [-0.39, 0.29) is 18.3 Å². The molecule has 8 nitrogen and oxygen atoms in total. The molecule has 3 aromatic rings. The molecule has 1 aliphatic rings. The molecule has 1 amide bonds. The van der Waals surface area contributed by atoms with E-state index in [0.717, 1.165) is 15.8 Å². The number of anilines is 1. The van der Waals surface area contributed by atoms with Gasteiger partial charge >= 0.3 is 0 Å². The number of hydrogen-bond donors (Lipinski definition) is 2. The smallest absolute Gasteiger partial charge is 0.225 e. The maximum absolute atomic E-state index is 13.5. The number of methoxy groups -OCH3 is 1. The molecule has 0 atom stereocenters. The van der Waals surface area contributed by atoms with Crippen molar-refractivity contribution in [2.75, 3.05) is 31.6 Å². The molecule has 0 bridgehead atoms. The number of ether oxygens (including phenoxy) is 1. The van der Waals surface area contributed by atoms with Gasteiger partial charge in [0.05, 0.1) is 24.4 Å². The third-order valence-electron chi connectivity index (χ3n) is 5.42. The van der Waals surface area contributed by atoms with Gasteiger partial charge < -0.3 is 21.1 Å². The number of primary amides is 1. The van der Waals surface area contributed by atoms with Crippen LogP contribution in [0.4, 0.5) is 9.52 Å². The minimum atomic E-state index is -0.638. The number of fused-ring (bicyclic) bond motifs is 1. The monoisotopic (exact) mass is 404 g/mol. The molecule has 1 aromatic carbocycles. The third-order valence-corrected chi connectivity index (χ3v) is 6.40. The first-order valence-corrected chi connectivity index (χ1v) is 9.72. The summed E-state index contributed by atoms with van der Waals surface area (Å²) in [5.41, 5.74) is 12.2. The van der Waals surface area contributed by atoms with E-state index in [2.05, 4.69) is 9.88 Å². The highest BCUT2D eigenvalue weighted by atomic mass is 32.1. The van der Waals surface area contributed by atoms with Crippen molar-refractivity contribution < 1.29 is 13.9 Å². The molecule has 28 heavy (non-hydrogen) atoms. The Labute approximate surface area is 164 Å². The van der Waals surface area contributed by atoms with E-state index in [1.807, 2.05) is 0 Å². The first-order valence-electron chi connectivity index (χ1n) is 8.91. The first kappa shape index (κ1) is 18.6. The van der Waals surface area contributed by atoms with Gasteiger partial charge in [0.15, 0.2) is 0 Å². The summed E-state index contributed by atoms with van der Waals surface area (Å²) in [5.74, 6) is -0.288. The molecular formula is C18H21FN6O2S. The van der Waals surface area contributed by atoms with E-state index < -0.39 is 5.41 Å². The highest BCUT2D eigenvalue weighted by molar-refractivity contribution is 7.20. The second kappa shape index (κ2) is 7.02. The highest BCUT2D eigenvalue weighted by Gasteiger charge is 2.39. The number of rotatable bonds is 5. The SMILES string of the molecule is COc1cc(F)ccc1-c1cnc2sc(N3CCC(CN)(C(N)=O)CC3)nn12. The first-order chi connectivity index (χ1) is 13.5. The molecule has 10 heteroatoms. The van der Waals surface area contributed by atoms with Crippen molar-refractivity contribution in [3.63, 3.8) is 0 Å². The van der Waals surface area contributed by atoms with Crippen LogP contribution in [0.2, 0.25) is 0 Å². The Morgan fingerprint density at radius 1 is 1.39 bits per heavy atom. The van der Waals surface area contributed by atoms with E-state index in [9.17, 15) is 9.18 Å². The molecule has 3 heterocycles. The number of aromatic nitrogens is 3. The van der Waals surface area contributed by atoms with E-state index in [0.29, 0.717) is 37.2 Å². The molecule has 148 valence electrons. The van der Waals surface area contributed by atoms with Gasteiger partial charge in [0.1, 0.15) is 11.6 Å². The van der Waals surface area contributed by atoms with Gasteiger partial charge in [-0.25, -0.2) is 13.9 Å². The van der Waals surface area contributed by atoms with Crippen LogP contribution in [-0.4, -0.2) is 47.2 Å². The Hall–Kier alpha value is -2.72. The number of carbonyl (C=O) groups is 1. The molecule has 4 N–H and O–H groups in total. The molecule has 0 unspecified atom stereocenters. The Morgan fingerprint density at radius 3 is 2.79 bits per heavy atom. The lowest BCUT2D eigenvalue weighted by atomic mass is 9.78. The third kappa shape index (κ3) is 2.98. The van der Waals surface area contributed by atoms with Gasteiger partial charge in [-0.05, 0) is 25.0 Å². The van der Waals surface area contributed by atoms with Crippen LogP contribution in [0, 0.1) is 11.2 Å². The molecule has 0 radical (unpaired) electrons. The van der Waals surface area contributed by atoms with Crippen molar-refractivity contribution in [3.8, 4) is 17.0 Å². The Morgan fingerprint density at radius 2 is 2.14 bits per heavy atom. The van der Waals surface area contributed by atoms with Crippen molar-refractivity contribution in [1.82, 2.24) is 14.6 Å². The zero-order valence-corrected chi connectivity index (χ0v) is 16.2. The summed E-state index contributed by atoms with van der Waals surface area (Å²) < 4.78 is 20.6. The maximum Gasteiger partial charge on any atom is 0.225 e. The normalized spacial score (nSPS) is 16.5. The summed E-state index contributed by atoms with van der Waals surface area (Å²) in [6.07, 6.45) is 2.89. The number of nitrogens with zero attached hydrogens (tertiary/aromatic N) is 4. The lowest BCUT2D eigenvalue weighted by Crippen LogP contribution is -2.51. The maximum atomic E-state index is 13.5. The van der Waals surface area contributed by atoms with Gasteiger partial charge in [0.25, 0.3) is 0 Å². The predicted molar refractivity (Wildman–Crippen MR) is 105 cm³/mol. The van der Waals surface area contributed by atoms with E-state index >= 15 is 0 Å². The summed E-state index contributed by atoms with van der Waals surface area (Å²) >= 11 is 1.46. The molecule has 0 spiro atoms. The number of benzene rings is 1. The minimum Gasteiger partial charge on any atom is -0.496 e. The zero-order valence-electron chi connectivity index (χ0n) is 15.4. The molecule has 1 saturated heterocycles. The van der Waals surface area contributed by atoms with Gasteiger partial charge in [-0.3, -0.25) is 4.79 Å². The zero-order chi connectivity index (χ0) is 19.9. The van der Waals surface area contributed by atoms with Crippen molar-refractivity contribution in [3.05, 3.63) is 30.2 Å². The molecular weight excluding hydrogens is 383 g/mol. The van der Waals surface area contributed by atoms with Crippen molar-refractivity contribution >= 4 is 27.3 Å². The van der Waals surface area contributed by atoms with Gasteiger partial charge in [-0.15, -0.1) is 5.10 Å². The van der Waals surface area contributed by atoms with Crippen LogP contribution in [0.25, 0.3) is 16.2 Å². The standard InChI is InChI=1S/C18H21FN6O2S/c1-27-14-8-11(19)2-3-12(14)13-9-22-16-25(13)23-17(28-16)24-6-4-18(10-20,5-7-24)15(21)26/h2-3,8-9H,4-7,10,20H2,1H3,(H2,21,26). The van der Waals surface area contributed by atoms with Crippen molar-refractivity contribution in [1.29, 1.82) is 0 Å². The molecule has 1 fully saturated rings. The number of piperidine rings is 1. The minimum absolute atomic E-state index is 0.256. The highest BCUT2D eigenvalue weighted by Crippen LogP contribution is 2.36. The van der Waals surface area contributed by atoms with Crippen LogP contribution < -0.4 is 21.1 Å². The number of nitrogens with two attached hydrogens (primary N) is 2. The predicted octanol–water partition coefficient (Wildman–Crippen LogP) is 1.64. The Kier molecular flexibility index (Phi) is 4.68. The summed E-state index contributed by atoms with van der Waals surface area (Å²) in [6, 6.07) is 4.37. The Bertz CT molecular complexity index is 1020. The summed E-state index contributed by atoms with van der Waals surface area (Å²) in [5, 5.41) is 5.50. The molecule has 2 aromatic heterocycles. The number of amides is 1. The van der Waals surface area contributed by atoms with E-state index in [1.165, 1.54) is 30.6 Å². The van der Waals surface area contributed by atoms with Crippen LogP contribution in [-0.2, 0) is 4.79 Å². The lowest BCUT2D eigenvalue weighted by Gasteiger charge is -2.38. The second-order valence-electron chi connectivity index (χ2n) is 6.90. The summed E-state index contributed by atoms with van der Waals surface area (Å²) in [7, 11) is 1.50. The lowest BCUT2D eigenvalue weighted by molar-refractivity contribution is -0.128. The van der Waals surface area contributed by atoms with E-state index in [1.54, 1.807) is 16.8 Å². The van der Waals surface area contributed by atoms with Gasteiger partial charge in [-0.1, -0.05) is 11.3 Å². The topological polar surface area (TPSA) is 112 Å². The fourth-order valence-corrected chi connectivity index (χ4v) is 4.48. The van der Waals surface area contributed by atoms with Gasteiger partial charge in [0, 0.05) is 31.3 Å². The fourth-order valence-electron chi connectivity index (χ4n) is 3.55. The van der Waals surface area contributed by atoms with Gasteiger partial charge in [-0.2, -0.15) is 0 Å². The number of halogens is 1. The summed E-state index contributed by atoms with van der Waals surface area (Å²) in [4.78, 5) is 19.1. The van der Waals surface area contributed by atoms with Crippen LogP contribution in [0.5, 0.6) is 5.75 Å². The number of carbonyl (C=O) groups excluding carboxylic acids is 1. The van der Waals surface area contributed by atoms with Crippen LogP contribution >= 0.6 is 11.3 Å². The van der Waals surface area contributed by atoms with Crippen molar-refractivity contribution in [2.24, 2.45) is 16.9 Å². The summed E-state index contributed by atoms with van der Waals surface area (Å²) in [6.45, 7) is 1.55. The molecule has 0 saturated carbocycles. The average Bonchev–Trinajstić information content (AvgIpc) is 3.29. The van der Waals surface area contributed by atoms with Crippen LogP contribution in [0.1, 0.15) is 12.8 Å². The Balaban J connectivity index is 1.64. The quantitative estimate of drug-likeness (QED) is 0.669. The fraction of sp³-hybridized carbons (Fsp3) is 0.389. The van der Waals surface area contributed by atoms with Crippen LogP contribution in [0.3, 0.4) is 0 Å². The molecule has 0 aliphatic carbocycles. The number of imidazole rings is 1. The average molecular weight is 404 g/mol.